The van der Waals surface area contributed by atoms with Crippen molar-refractivity contribution in [1.82, 2.24) is 10.2 Å². The van der Waals surface area contributed by atoms with Gasteiger partial charge in [-0.05, 0) is 25.5 Å². The Hall–Kier alpha value is -1.95. The molecule has 1 aliphatic rings. The van der Waals surface area contributed by atoms with Crippen molar-refractivity contribution in [3.8, 4) is 0 Å². The van der Waals surface area contributed by atoms with E-state index >= 15 is 0 Å². The highest BCUT2D eigenvalue weighted by Crippen LogP contribution is 2.17. The number of nitrogens with one attached hydrogen (secondary N) is 1. The lowest BCUT2D eigenvalue weighted by Gasteiger charge is -2.34. The zero-order chi connectivity index (χ0) is 15.4. The quantitative estimate of drug-likeness (QED) is 0.849. The molecule has 1 fully saturated rings. The Labute approximate surface area is 123 Å². The van der Waals surface area contributed by atoms with E-state index in [9.17, 15) is 14.0 Å². The summed E-state index contributed by atoms with van der Waals surface area (Å²) in [4.78, 5) is 25.9. The summed E-state index contributed by atoms with van der Waals surface area (Å²) in [6, 6.07) is 3.96. The molecule has 0 radical (unpaired) electrons. The van der Waals surface area contributed by atoms with Gasteiger partial charge in [-0.3, -0.25) is 4.79 Å². The number of amides is 1. The topological polar surface area (TPSA) is 58.6 Å². The highest BCUT2D eigenvalue weighted by atomic mass is 19.1. The van der Waals surface area contributed by atoms with Crippen LogP contribution in [0.25, 0.3) is 0 Å². The number of hydrogen-bond acceptors (Lipinski definition) is 4. The predicted octanol–water partition coefficient (Wildman–Crippen LogP) is 1.11. The molecule has 0 spiro atoms. The summed E-state index contributed by atoms with van der Waals surface area (Å²) >= 11 is 0. The minimum atomic E-state index is -0.717. The third-order valence-corrected chi connectivity index (χ3v) is 3.49. The average molecular weight is 294 g/mol. The van der Waals surface area contributed by atoms with Crippen LogP contribution in [0.5, 0.6) is 0 Å². The molecule has 1 heterocycles. The van der Waals surface area contributed by atoms with Gasteiger partial charge >= 0.3 is 5.97 Å². The molecule has 1 N–H and O–H groups in total. The molecule has 1 aromatic rings. The second-order valence-corrected chi connectivity index (χ2v) is 4.91. The molecule has 1 aromatic carbocycles. The molecule has 1 atom stereocenters. The summed E-state index contributed by atoms with van der Waals surface area (Å²) in [5, 5.41) is 3.05. The van der Waals surface area contributed by atoms with Gasteiger partial charge in [-0.2, -0.15) is 0 Å². The van der Waals surface area contributed by atoms with Gasteiger partial charge < -0.3 is 15.0 Å². The number of carbonyl (C=O) groups excluding carboxylic acids is 2. The molecule has 5 nitrogen and oxygen atoms in total. The Morgan fingerprint density at radius 3 is 2.95 bits per heavy atom. The third kappa shape index (κ3) is 3.21. The number of benzene rings is 1. The van der Waals surface area contributed by atoms with Crippen molar-refractivity contribution in [2.24, 2.45) is 0 Å². The maximum absolute atomic E-state index is 14.1. The van der Waals surface area contributed by atoms with E-state index < -0.39 is 23.7 Å². The van der Waals surface area contributed by atoms with Crippen LogP contribution in [-0.2, 0) is 9.53 Å². The van der Waals surface area contributed by atoms with Crippen molar-refractivity contribution < 1.29 is 18.7 Å². The largest absolute Gasteiger partial charge is 0.464 e. The smallest absolute Gasteiger partial charge is 0.330 e. The average Bonchev–Trinajstić information content (AvgIpc) is 2.49. The lowest BCUT2D eigenvalue weighted by atomic mass is 10.1. The first-order chi connectivity index (χ1) is 10.1. The van der Waals surface area contributed by atoms with Gasteiger partial charge in [0.25, 0.3) is 5.91 Å². The summed E-state index contributed by atoms with van der Waals surface area (Å²) in [6.07, 6.45) is 0. The lowest BCUT2D eigenvalue weighted by Crippen LogP contribution is -2.57. The van der Waals surface area contributed by atoms with Gasteiger partial charge in [-0.15, -0.1) is 0 Å². The van der Waals surface area contributed by atoms with Crippen molar-refractivity contribution >= 4 is 11.9 Å². The monoisotopic (exact) mass is 294 g/mol. The number of piperazine rings is 1. The Morgan fingerprint density at radius 1 is 1.48 bits per heavy atom. The predicted molar refractivity (Wildman–Crippen MR) is 75.5 cm³/mol. The number of rotatable bonds is 3. The van der Waals surface area contributed by atoms with Crippen molar-refractivity contribution in [3.63, 3.8) is 0 Å². The summed E-state index contributed by atoms with van der Waals surface area (Å²) in [6.45, 7) is 4.78. The van der Waals surface area contributed by atoms with E-state index in [1.807, 2.05) is 0 Å². The van der Waals surface area contributed by atoms with Crippen LogP contribution in [0.1, 0.15) is 22.8 Å². The van der Waals surface area contributed by atoms with E-state index in [1.165, 1.54) is 11.0 Å². The normalized spacial score (nSPS) is 18.4. The fourth-order valence-electron chi connectivity index (χ4n) is 2.36. The highest BCUT2D eigenvalue weighted by molar-refractivity contribution is 5.97. The van der Waals surface area contributed by atoms with E-state index in [0.29, 0.717) is 25.2 Å². The maximum Gasteiger partial charge on any atom is 0.330 e. The van der Waals surface area contributed by atoms with Gasteiger partial charge in [0.05, 0.1) is 12.2 Å². The van der Waals surface area contributed by atoms with Crippen LogP contribution in [0.15, 0.2) is 18.2 Å². The minimum Gasteiger partial charge on any atom is -0.464 e. The van der Waals surface area contributed by atoms with E-state index in [0.717, 1.165) is 0 Å². The zero-order valence-corrected chi connectivity index (χ0v) is 12.2. The van der Waals surface area contributed by atoms with Crippen LogP contribution in [-0.4, -0.2) is 49.1 Å². The van der Waals surface area contributed by atoms with E-state index in [-0.39, 0.29) is 12.2 Å². The number of hydrogen-bond donors (Lipinski definition) is 1. The summed E-state index contributed by atoms with van der Waals surface area (Å²) in [5.41, 5.74) is 0.398. The molecule has 6 heteroatoms. The van der Waals surface area contributed by atoms with Gasteiger partial charge in [-0.1, -0.05) is 12.1 Å². The SMILES string of the molecule is CCOC(=O)C1CNCCN1C(=O)c1cccc(C)c1F. The van der Waals surface area contributed by atoms with E-state index in [1.54, 1.807) is 26.0 Å². The maximum atomic E-state index is 14.1. The molecule has 0 bridgehead atoms. The Balaban J connectivity index is 2.26. The van der Waals surface area contributed by atoms with Crippen LogP contribution in [0, 0.1) is 12.7 Å². The van der Waals surface area contributed by atoms with Gasteiger partial charge in [-0.25, -0.2) is 9.18 Å². The molecule has 114 valence electrons. The molecule has 0 saturated carbocycles. The summed E-state index contributed by atoms with van der Waals surface area (Å²) in [5.74, 6) is -1.48. The Kier molecular flexibility index (Phi) is 4.90. The van der Waals surface area contributed by atoms with Gasteiger partial charge in [0.15, 0.2) is 0 Å². The molecular weight excluding hydrogens is 275 g/mol. The van der Waals surface area contributed by atoms with Crippen LogP contribution >= 0.6 is 0 Å². The van der Waals surface area contributed by atoms with Crippen LogP contribution in [0.2, 0.25) is 0 Å². The number of carbonyl (C=O) groups is 2. The third-order valence-electron chi connectivity index (χ3n) is 3.49. The first-order valence-corrected chi connectivity index (χ1v) is 6.99. The van der Waals surface area contributed by atoms with Gasteiger partial charge in [0, 0.05) is 19.6 Å². The van der Waals surface area contributed by atoms with Crippen LogP contribution in [0.4, 0.5) is 4.39 Å². The highest BCUT2D eigenvalue weighted by Gasteiger charge is 2.34. The molecule has 1 amide bonds. The fraction of sp³-hybridized carbons (Fsp3) is 0.467. The molecule has 21 heavy (non-hydrogen) atoms. The summed E-state index contributed by atoms with van der Waals surface area (Å²) < 4.78 is 19.1. The molecule has 0 aromatic heterocycles. The molecular formula is C15H19FN2O3. The minimum absolute atomic E-state index is 0.00815. The number of nitrogens with zero attached hydrogens (tertiary/aromatic N) is 1. The fourth-order valence-corrected chi connectivity index (χ4v) is 2.36. The molecule has 1 aliphatic heterocycles. The first kappa shape index (κ1) is 15.4. The number of ether oxygens (including phenoxy) is 1. The van der Waals surface area contributed by atoms with Crippen LogP contribution < -0.4 is 5.32 Å². The Morgan fingerprint density at radius 2 is 2.24 bits per heavy atom. The number of esters is 1. The molecule has 0 aliphatic carbocycles. The lowest BCUT2D eigenvalue weighted by molar-refractivity contribution is -0.149. The van der Waals surface area contributed by atoms with Crippen molar-refractivity contribution in [2.75, 3.05) is 26.2 Å². The van der Waals surface area contributed by atoms with Crippen molar-refractivity contribution in [1.29, 1.82) is 0 Å². The molecule has 2 rings (SSSR count). The van der Waals surface area contributed by atoms with Crippen LogP contribution in [0.3, 0.4) is 0 Å². The number of halogens is 1. The van der Waals surface area contributed by atoms with Crippen molar-refractivity contribution in [3.05, 3.63) is 35.1 Å². The van der Waals surface area contributed by atoms with Gasteiger partial charge in [0.1, 0.15) is 11.9 Å². The second kappa shape index (κ2) is 6.67. The number of aryl methyl sites for hydroxylation is 1. The van der Waals surface area contributed by atoms with Crippen molar-refractivity contribution in [2.45, 2.75) is 19.9 Å². The standard InChI is InChI=1S/C15H19FN2O3/c1-3-21-15(20)12-9-17-7-8-18(12)14(19)11-6-4-5-10(2)13(11)16/h4-6,12,17H,3,7-9H2,1-2H3. The zero-order valence-electron chi connectivity index (χ0n) is 12.2. The first-order valence-electron chi connectivity index (χ1n) is 6.99. The Bertz CT molecular complexity index is 548. The van der Waals surface area contributed by atoms with E-state index in [4.69, 9.17) is 4.74 Å². The van der Waals surface area contributed by atoms with Gasteiger partial charge in [0.2, 0.25) is 0 Å². The summed E-state index contributed by atoms with van der Waals surface area (Å²) in [7, 11) is 0. The second-order valence-electron chi connectivity index (χ2n) is 4.91. The molecule has 1 unspecified atom stereocenters. The molecule has 1 saturated heterocycles. The van der Waals surface area contributed by atoms with E-state index in [2.05, 4.69) is 5.32 Å².